The molecule has 8 nitrogen and oxygen atoms in total. The van der Waals surface area contributed by atoms with Crippen molar-refractivity contribution in [3.05, 3.63) is 36.8 Å². The number of anilines is 1. The molecule has 0 aromatic carbocycles. The average molecular weight is 344 g/mol. The van der Waals surface area contributed by atoms with Crippen molar-refractivity contribution >= 4 is 11.7 Å². The summed E-state index contributed by atoms with van der Waals surface area (Å²) in [5.41, 5.74) is 0.550. The van der Waals surface area contributed by atoms with E-state index in [4.69, 9.17) is 0 Å². The smallest absolute Gasteiger partial charge is 0.319 e. The number of urea groups is 1. The van der Waals surface area contributed by atoms with Gasteiger partial charge in [-0.3, -0.25) is 0 Å². The Bertz CT molecular complexity index is 670. The van der Waals surface area contributed by atoms with Crippen LogP contribution in [0.1, 0.15) is 19.3 Å². The number of pyridine rings is 1. The van der Waals surface area contributed by atoms with Crippen LogP contribution < -0.4 is 10.6 Å². The number of amides is 2. The molecule has 2 amide bonds. The van der Waals surface area contributed by atoms with Gasteiger partial charge in [-0.1, -0.05) is 6.42 Å². The van der Waals surface area contributed by atoms with Crippen molar-refractivity contribution in [3.63, 3.8) is 0 Å². The maximum Gasteiger partial charge on any atom is 0.319 e. The largest absolute Gasteiger partial charge is 0.390 e. The van der Waals surface area contributed by atoms with Gasteiger partial charge in [-0.2, -0.15) is 5.10 Å². The van der Waals surface area contributed by atoms with E-state index in [1.165, 1.54) is 19.3 Å². The second kappa shape index (κ2) is 8.59. The zero-order valence-corrected chi connectivity index (χ0v) is 14.1. The third-order valence-corrected chi connectivity index (χ3v) is 4.17. The predicted molar refractivity (Wildman–Crippen MR) is 94.7 cm³/mol. The van der Waals surface area contributed by atoms with Crippen LogP contribution >= 0.6 is 0 Å². The molecule has 1 aliphatic heterocycles. The number of β-amino-alcohol motifs (C(OH)–C–C–N with tert-alkyl or cyclic N) is 1. The number of carbonyl (C=O) groups excluding carboxylic acids is 1. The Kier molecular flexibility index (Phi) is 5.97. The van der Waals surface area contributed by atoms with Crippen molar-refractivity contribution in [3.8, 4) is 5.82 Å². The Morgan fingerprint density at radius 1 is 1.24 bits per heavy atom. The summed E-state index contributed by atoms with van der Waals surface area (Å²) < 4.78 is 1.58. The van der Waals surface area contributed by atoms with Gasteiger partial charge in [-0.05, 0) is 44.1 Å². The number of hydrogen-bond donors (Lipinski definition) is 3. The first-order valence-corrected chi connectivity index (χ1v) is 8.62. The lowest BCUT2D eigenvalue weighted by atomic mass is 10.1. The second-order valence-corrected chi connectivity index (χ2v) is 6.18. The number of aliphatic hydroxyl groups is 1. The first-order chi connectivity index (χ1) is 12.2. The first kappa shape index (κ1) is 17.4. The van der Waals surface area contributed by atoms with E-state index in [1.54, 1.807) is 41.5 Å². The quantitative estimate of drug-likeness (QED) is 0.733. The van der Waals surface area contributed by atoms with Crippen molar-refractivity contribution in [2.75, 3.05) is 31.5 Å². The van der Waals surface area contributed by atoms with Crippen LogP contribution in [0.15, 0.2) is 36.8 Å². The molecule has 1 aliphatic rings. The van der Waals surface area contributed by atoms with Gasteiger partial charge in [0.1, 0.15) is 0 Å². The number of aromatic nitrogens is 3. The van der Waals surface area contributed by atoms with Gasteiger partial charge in [0.05, 0.1) is 11.8 Å². The van der Waals surface area contributed by atoms with E-state index in [1.807, 2.05) is 0 Å². The van der Waals surface area contributed by atoms with E-state index in [9.17, 15) is 9.90 Å². The Hall–Kier alpha value is -2.45. The molecule has 1 saturated heterocycles. The van der Waals surface area contributed by atoms with E-state index < -0.39 is 6.10 Å². The van der Waals surface area contributed by atoms with Gasteiger partial charge in [-0.15, -0.1) is 0 Å². The molecule has 0 unspecified atom stereocenters. The lowest BCUT2D eigenvalue weighted by molar-refractivity contribution is 0.102. The van der Waals surface area contributed by atoms with Crippen LogP contribution in [0.4, 0.5) is 10.5 Å². The van der Waals surface area contributed by atoms with Crippen LogP contribution in [0, 0.1) is 0 Å². The normalized spacial score (nSPS) is 16.4. The summed E-state index contributed by atoms with van der Waals surface area (Å²) in [4.78, 5) is 18.6. The Morgan fingerprint density at radius 3 is 2.84 bits per heavy atom. The van der Waals surface area contributed by atoms with E-state index in [2.05, 4.69) is 25.6 Å². The molecule has 3 heterocycles. The topological polar surface area (TPSA) is 95.3 Å². The second-order valence-electron chi connectivity index (χ2n) is 6.18. The van der Waals surface area contributed by atoms with Crippen molar-refractivity contribution in [1.82, 2.24) is 25.0 Å². The number of hydrogen-bond acceptors (Lipinski definition) is 5. The van der Waals surface area contributed by atoms with Crippen LogP contribution in [0.2, 0.25) is 0 Å². The van der Waals surface area contributed by atoms with Crippen molar-refractivity contribution in [2.45, 2.75) is 25.4 Å². The van der Waals surface area contributed by atoms with Crippen LogP contribution in [-0.4, -0.2) is 63.1 Å². The maximum atomic E-state index is 12.1. The van der Waals surface area contributed by atoms with Crippen molar-refractivity contribution in [2.24, 2.45) is 0 Å². The van der Waals surface area contributed by atoms with Crippen LogP contribution in [0.5, 0.6) is 0 Å². The molecule has 1 fully saturated rings. The summed E-state index contributed by atoms with van der Waals surface area (Å²) in [6.07, 6.45) is 8.08. The molecular weight excluding hydrogens is 320 g/mol. The number of nitrogens with zero attached hydrogens (tertiary/aromatic N) is 4. The monoisotopic (exact) mass is 344 g/mol. The lowest BCUT2D eigenvalue weighted by Gasteiger charge is -2.28. The summed E-state index contributed by atoms with van der Waals surface area (Å²) in [6.45, 7) is 2.84. The number of rotatable bonds is 6. The minimum absolute atomic E-state index is 0.208. The highest BCUT2D eigenvalue weighted by atomic mass is 16.3. The van der Waals surface area contributed by atoms with Gasteiger partial charge >= 0.3 is 6.03 Å². The van der Waals surface area contributed by atoms with E-state index in [0.717, 1.165) is 13.1 Å². The van der Waals surface area contributed by atoms with Crippen LogP contribution in [0.3, 0.4) is 0 Å². The minimum Gasteiger partial charge on any atom is -0.390 e. The average Bonchev–Trinajstić information content (AvgIpc) is 3.16. The molecule has 0 spiro atoms. The van der Waals surface area contributed by atoms with E-state index >= 15 is 0 Å². The van der Waals surface area contributed by atoms with Gasteiger partial charge in [-0.25, -0.2) is 14.5 Å². The first-order valence-electron chi connectivity index (χ1n) is 8.62. The number of carbonyl (C=O) groups is 1. The predicted octanol–water partition coefficient (Wildman–Crippen LogP) is 1.24. The van der Waals surface area contributed by atoms with Crippen LogP contribution in [0.25, 0.3) is 5.82 Å². The molecular formula is C17H24N6O2. The molecule has 3 rings (SSSR count). The molecule has 8 heteroatoms. The third kappa shape index (κ3) is 5.01. The summed E-state index contributed by atoms with van der Waals surface area (Å²) in [7, 11) is 0. The highest BCUT2D eigenvalue weighted by molar-refractivity contribution is 5.90. The van der Waals surface area contributed by atoms with Gasteiger partial charge in [0.25, 0.3) is 0 Å². The highest BCUT2D eigenvalue weighted by Crippen LogP contribution is 2.15. The van der Waals surface area contributed by atoms with Crippen molar-refractivity contribution < 1.29 is 9.90 Å². The summed E-state index contributed by atoms with van der Waals surface area (Å²) in [6, 6.07) is 4.91. The maximum absolute atomic E-state index is 12.1. The number of likely N-dealkylation sites (tertiary alicyclic amines) is 1. The van der Waals surface area contributed by atoms with Gasteiger partial charge < -0.3 is 20.6 Å². The fraction of sp³-hybridized carbons (Fsp3) is 0.471. The SMILES string of the molecule is O=C(NC[C@H](O)CN1CCCCC1)Nc1cccnc1-n1cccn1. The molecule has 2 aromatic rings. The number of nitrogens with one attached hydrogen (secondary N) is 2. The summed E-state index contributed by atoms with van der Waals surface area (Å²) in [5.74, 6) is 0.538. The lowest BCUT2D eigenvalue weighted by Crippen LogP contribution is -2.43. The Labute approximate surface area is 146 Å². The molecule has 0 bridgehead atoms. The fourth-order valence-electron chi connectivity index (χ4n) is 2.95. The molecule has 0 aliphatic carbocycles. The third-order valence-electron chi connectivity index (χ3n) is 4.17. The van der Waals surface area contributed by atoms with E-state index in [0.29, 0.717) is 18.1 Å². The Morgan fingerprint density at radius 2 is 2.08 bits per heavy atom. The van der Waals surface area contributed by atoms with E-state index in [-0.39, 0.29) is 12.6 Å². The minimum atomic E-state index is -0.580. The van der Waals surface area contributed by atoms with Crippen LogP contribution in [-0.2, 0) is 0 Å². The van der Waals surface area contributed by atoms with Gasteiger partial charge in [0.15, 0.2) is 5.82 Å². The molecule has 1 atom stereocenters. The van der Waals surface area contributed by atoms with Gasteiger partial charge in [0.2, 0.25) is 0 Å². The fourth-order valence-corrected chi connectivity index (χ4v) is 2.95. The Balaban J connectivity index is 1.49. The van der Waals surface area contributed by atoms with Gasteiger partial charge in [0, 0.05) is 31.7 Å². The highest BCUT2D eigenvalue weighted by Gasteiger charge is 2.16. The summed E-state index contributed by atoms with van der Waals surface area (Å²) in [5, 5.41) is 19.7. The number of piperidine rings is 1. The molecule has 0 saturated carbocycles. The summed E-state index contributed by atoms with van der Waals surface area (Å²) >= 11 is 0. The molecule has 3 N–H and O–H groups in total. The standard InChI is InChI=1S/C17H24N6O2/c24-14(13-22-9-2-1-3-10-22)12-19-17(25)21-15-6-4-7-18-16(15)23-11-5-8-20-23/h4-8,11,14,24H,1-3,9-10,12-13H2,(H2,19,21,25)/t14-/m0/s1. The zero-order valence-electron chi connectivity index (χ0n) is 14.1. The van der Waals surface area contributed by atoms with Crippen molar-refractivity contribution in [1.29, 1.82) is 0 Å². The molecule has 2 aromatic heterocycles. The molecule has 134 valence electrons. The zero-order chi connectivity index (χ0) is 17.5. The number of aliphatic hydroxyl groups excluding tert-OH is 1. The molecule has 25 heavy (non-hydrogen) atoms. The molecule has 0 radical (unpaired) electrons.